The predicted octanol–water partition coefficient (Wildman–Crippen LogP) is 2.86. The first-order valence-corrected chi connectivity index (χ1v) is 8.96. The van der Waals surface area contributed by atoms with Crippen molar-refractivity contribution in [3.8, 4) is 23.3 Å². The van der Waals surface area contributed by atoms with Gasteiger partial charge < -0.3 is 24.8 Å². The molecule has 0 saturated heterocycles. The summed E-state index contributed by atoms with van der Waals surface area (Å²) in [5, 5.41) is 14.9. The van der Waals surface area contributed by atoms with Gasteiger partial charge in [0.1, 0.15) is 30.1 Å². The average Bonchev–Trinajstić information content (AvgIpc) is 2.72. The maximum absolute atomic E-state index is 12.3. The summed E-state index contributed by atoms with van der Waals surface area (Å²) in [6, 6.07) is 16.3. The number of rotatable bonds is 7. The second kappa shape index (κ2) is 9.33. The number of nitrogens with one attached hydrogen (secondary N) is 2. The van der Waals surface area contributed by atoms with Crippen LogP contribution in [0, 0.1) is 11.3 Å². The topological polar surface area (TPSA) is 92.6 Å². The molecular formula is C21H21N3O4. The zero-order chi connectivity index (χ0) is 19.8. The standard InChI is InChI=1S/C21H21N3O4/c1-2-26-17-9-7-16(8-10-17)24-21(25)15(11-22)12-23-13-18-14-27-19-5-3-4-6-20(19)28-18/h3-10,12,18,23H,2,13-14H2,1H3,(H,24,25)/b15-12-. The number of carbonyl (C=O) groups is 1. The number of hydrogen-bond donors (Lipinski definition) is 2. The van der Waals surface area contributed by atoms with E-state index in [0.29, 0.717) is 36.9 Å². The summed E-state index contributed by atoms with van der Waals surface area (Å²) in [4.78, 5) is 12.3. The molecule has 0 radical (unpaired) electrons. The molecule has 1 aliphatic heterocycles. The quantitative estimate of drug-likeness (QED) is 0.568. The third-order valence-electron chi connectivity index (χ3n) is 3.95. The van der Waals surface area contributed by atoms with Crippen LogP contribution in [0.25, 0.3) is 0 Å². The predicted molar refractivity (Wildman–Crippen MR) is 104 cm³/mol. The van der Waals surface area contributed by atoms with Crippen LogP contribution in [-0.4, -0.2) is 31.8 Å². The monoisotopic (exact) mass is 379 g/mol. The second-order valence-corrected chi connectivity index (χ2v) is 5.99. The van der Waals surface area contributed by atoms with Gasteiger partial charge in [-0.1, -0.05) is 12.1 Å². The van der Waals surface area contributed by atoms with Gasteiger partial charge in [0.2, 0.25) is 0 Å². The highest BCUT2D eigenvalue weighted by Crippen LogP contribution is 2.30. The molecule has 0 fully saturated rings. The van der Waals surface area contributed by atoms with Crippen molar-refractivity contribution < 1.29 is 19.0 Å². The smallest absolute Gasteiger partial charge is 0.267 e. The summed E-state index contributed by atoms with van der Waals surface area (Å²) >= 11 is 0. The summed E-state index contributed by atoms with van der Waals surface area (Å²) in [7, 11) is 0. The minimum absolute atomic E-state index is 0.0361. The van der Waals surface area contributed by atoms with Gasteiger partial charge in [-0.2, -0.15) is 5.26 Å². The van der Waals surface area contributed by atoms with E-state index in [1.165, 1.54) is 6.20 Å². The number of anilines is 1. The van der Waals surface area contributed by atoms with Crippen molar-refractivity contribution >= 4 is 11.6 Å². The third-order valence-corrected chi connectivity index (χ3v) is 3.95. The first kappa shape index (κ1) is 19.1. The number of para-hydroxylation sites is 2. The van der Waals surface area contributed by atoms with E-state index < -0.39 is 5.91 Å². The highest BCUT2D eigenvalue weighted by molar-refractivity contribution is 6.06. The molecule has 2 aromatic carbocycles. The first-order valence-electron chi connectivity index (χ1n) is 8.96. The minimum atomic E-state index is -0.495. The molecule has 0 bridgehead atoms. The lowest BCUT2D eigenvalue weighted by Crippen LogP contribution is -2.37. The normalized spacial score (nSPS) is 15.3. The fourth-order valence-electron chi connectivity index (χ4n) is 2.60. The Bertz CT molecular complexity index is 887. The van der Waals surface area contributed by atoms with Gasteiger partial charge in [-0.05, 0) is 43.3 Å². The third kappa shape index (κ3) is 4.95. The van der Waals surface area contributed by atoms with Crippen LogP contribution in [0.3, 0.4) is 0 Å². The molecule has 7 heteroatoms. The molecule has 28 heavy (non-hydrogen) atoms. The highest BCUT2D eigenvalue weighted by atomic mass is 16.6. The van der Waals surface area contributed by atoms with Crippen molar-refractivity contribution in [3.05, 3.63) is 60.3 Å². The molecule has 1 atom stereocenters. The molecule has 0 saturated carbocycles. The number of nitriles is 1. The maximum atomic E-state index is 12.3. The van der Waals surface area contributed by atoms with Crippen molar-refractivity contribution in [2.75, 3.05) is 25.1 Å². The average molecular weight is 379 g/mol. The Balaban J connectivity index is 1.52. The largest absolute Gasteiger partial charge is 0.494 e. The molecule has 1 aliphatic rings. The lowest BCUT2D eigenvalue weighted by Gasteiger charge is -2.26. The van der Waals surface area contributed by atoms with Gasteiger partial charge >= 0.3 is 0 Å². The van der Waals surface area contributed by atoms with Gasteiger partial charge in [-0.3, -0.25) is 4.79 Å². The Morgan fingerprint density at radius 2 is 2.00 bits per heavy atom. The molecule has 1 heterocycles. The van der Waals surface area contributed by atoms with E-state index in [1.54, 1.807) is 24.3 Å². The highest BCUT2D eigenvalue weighted by Gasteiger charge is 2.20. The van der Waals surface area contributed by atoms with Crippen LogP contribution in [0.2, 0.25) is 0 Å². The SMILES string of the molecule is CCOc1ccc(NC(=O)/C(C#N)=C\NCC2COc3ccccc3O2)cc1. The zero-order valence-corrected chi connectivity index (χ0v) is 15.5. The number of nitrogens with zero attached hydrogens (tertiary/aromatic N) is 1. The number of carbonyl (C=O) groups excluding carboxylic acids is 1. The molecule has 0 aliphatic carbocycles. The lowest BCUT2D eigenvalue weighted by atomic mass is 10.2. The molecule has 2 N–H and O–H groups in total. The lowest BCUT2D eigenvalue weighted by molar-refractivity contribution is -0.112. The van der Waals surface area contributed by atoms with Gasteiger partial charge in [0.05, 0.1) is 13.2 Å². The summed E-state index contributed by atoms with van der Waals surface area (Å²) in [5.74, 6) is 1.61. The van der Waals surface area contributed by atoms with Crippen LogP contribution in [0.1, 0.15) is 6.92 Å². The molecule has 0 spiro atoms. The summed E-state index contributed by atoms with van der Waals surface area (Å²) in [6.45, 7) is 3.25. The molecule has 144 valence electrons. The fraction of sp³-hybridized carbons (Fsp3) is 0.238. The van der Waals surface area contributed by atoms with Crippen LogP contribution < -0.4 is 24.8 Å². The van der Waals surface area contributed by atoms with E-state index in [0.717, 1.165) is 5.75 Å². The number of fused-ring (bicyclic) bond motifs is 1. The van der Waals surface area contributed by atoms with E-state index in [-0.39, 0.29) is 11.7 Å². The number of amides is 1. The molecular weight excluding hydrogens is 358 g/mol. The Hall–Kier alpha value is -3.66. The van der Waals surface area contributed by atoms with Crippen LogP contribution in [0.4, 0.5) is 5.69 Å². The molecule has 1 unspecified atom stereocenters. The number of hydrogen-bond acceptors (Lipinski definition) is 6. The fourth-order valence-corrected chi connectivity index (χ4v) is 2.60. The Kier molecular flexibility index (Phi) is 6.37. The van der Waals surface area contributed by atoms with Gasteiger partial charge in [-0.25, -0.2) is 0 Å². The van der Waals surface area contributed by atoms with Crippen LogP contribution in [-0.2, 0) is 4.79 Å². The van der Waals surface area contributed by atoms with E-state index in [1.807, 2.05) is 37.3 Å². The van der Waals surface area contributed by atoms with E-state index in [4.69, 9.17) is 14.2 Å². The summed E-state index contributed by atoms with van der Waals surface area (Å²) in [6.07, 6.45) is 1.16. The molecule has 3 rings (SSSR count). The van der Waals surface area contributed by atoms with Crippen LogP contribution in [0.5, 0.6) is 17.2 Å². The summed E-state index contributed by atoms with van der Waals surface area (Å²) in [5.41, 5.74) is 0.543. The number of ether oxygens (including phenoxy) is 3. The Labute approximate surface area is 163 Å². The summed E-state index contributed by atoms with van der Waals surface area (Å²) < 4.78 is 16.8. The van der Waals surface area contributed by atoms with Gasteiger partial charge in [-0.15, -0.1) is 0 Å². The molecule has 0 aromatic heterocycles. The van der Waals surface area contributed by atoms with Gasteiger partial charge in [0.25, 0.3) is 5.91 Å². The molecule has 2 aromatic rings. The molecule has 1 amide bonds. The Morgan fingerprint density at radius 3 is 2.71 bits per heavy atom. The minimum Gasteiger partial charge on any atom is -0.494 e. The maximum Gasteiger partial charge on any atom is 0.267 e. The van der Waals surface area contributed by atoms with Crippen molar-refractivity contribution in [1.29, 1.82) is 5.26 Å². The van der Waals surface area contributed by atoms with Gasteiger partial charge in [0.15, 0.2) is 11.5 Å². The zero-order valence-electron chi connectivity index (χ0n) is 15.5. The van der Waals surface area contributed by atoms with Crippen molar-refractivity contribution in [1.82, 2.24) is 5.32 Å². The molecule has 7 nitrogen and oxygen atoms in total. The van der Waals surface area contributed by atoms with Crippen LogP contribution in [0.15, 0.2) is 60.3 Å². The Morgan fingerprint density at radius 1 is 1.25 bits per heavy atom. The van der Waals surface area contributed by atoms with Gasteiger partial charge in [0, 0.05) is 11.9 Å². The van der Waals surface area contributed by atoms with Crippen molar-refractivity contribution in [2.24, 2.45) is 0 Å². The number of benzene rings is 2. The first-order chi connectivity index (χ1) is 13.7. The van der Waals surface area contributed by atoms with E-state index >= 15 is 0 Å². The van der Waals surface area contributed by atoms with Crippen LogP contribution >= 0.6 is 0 Å². The van der Waals surface area contributed by atoms with Crippen molar-refractivity contribution in [3.63, 3.8) is 0 Å². The van der Waals surface area contributed by atoms with Crippen molar-refractivity contribution in [2.45, 2.75) is 13.0 Å². The van der Waals surface area contributed by atoms with E-state index in [2.05, 4.69) is 10.6 Å². The van der Waals surface area contributed by atoms with E-state index in [9.17, 15) is 10.1 Å². The second-order valence-electron chi connectivity index (χ2n) is 5.99.